The zero-order valence-corrected chi connectivity index (χ0v) is 9.56. The van der Waals surface area contributed by atoms with Crippen molar-refractivity contribution in [2.24, 2.45) is 0 Å². The predicted octanol–water partition coefficient (Wildman–Crippen LogP) is 1.53. The van der Waals surface area contributed by atoms with Crippen LogP contribution in [0, 0.1) is 11.6 Å². The summed E-state index contributed by atoms with van der Waals surface area (Å²) in [7, 11) is -2.04. The van der Waals surface area contributed by atoms with E-state index in [1.165, 1.54) is 7.11 Å². The normalized spacial score (nSPS) is 11.7. The topological polar surface area (TPSA) is 43.4 Å². The van der Waals surface area contributed by atoms with Gasteiger partial charge < -0.3 is 4.74 Å². The van der Waals surface area contributed by atoms with Gasteiger partial charge in [0.25, 0.3) is 0 Å². The monoisotopic (exact) mass is 250 g/mol. The molecule has 0 aliphatic rings. The Hall–Kier alpha value is -1.01. The molecule has 0 aliphatic heterocycles. The Balaban J connectivity index is 2.80. The second-order valence-electron chi connectivity index (χ2n) is 3.32. The van der Waals surface area contributed by atoms with Crippen LogP contribution in [0.5, 0.6) is 0 Å². The van der Waals surface area contributed by atoms with Gasteiger partial charge in [-0.1, -0.05) is 6.07 Å². The van der Waals surface area contributed by atoms with E-state index in [2.05, 4.69) is 4.74 Å². The highest BCUT2D eigenvalue weighted by Gasteiger charge is 2.15. The van der Waals surface area contributed by atoms with Crippen molar-refractivity contribution in [2.75, 3.05) is 19.5 Å². The fourth-order valence-electron chi connectivity index (χ4n) is 1.16. The quantitative estimate of drug-likeness (QED) is 0.796. The SMILES string of the molecule is COCCS(=O)(=O)Cc1ccc(F)cc1F. The first-order valence-electron chi connectivity index (χ1n) is 4.58. The molecular formula is C10H12F2O3S. The summed E-state index contributed by atoms with van der Waals surface area (Å²) in [5.41, 5.74) is -0.0301. The maximum Gasteiger partial charge on any atom is 0.156 e. The summed E-state index contributed by atoms with van der Waals surface area (Å²) in [6, 6.07) is 2.83. The number of halogens is 2. The van der Waals surface area contributed by atoms with Crippen LogP contribution in [0.4, 0.5) is 8.78 Å². The largest absolute Gasteiger partial charge is 0.384 e. The van der Waals surface area contributed by atoms with Crippen LogP contribution in [0.2, 0.25) is 0 Å². The van der Waals surface area contributed by atoms with Gasteiger partial charge in [0, 0.05) is 18.7 Å². The number of hydrogen-bond acceptors (Lipinski definition) is 3. The fourth-order valence-corrected chi connectivity index (χ4v) is 2.43. The molecule has 90 valence electrons. The van der Waals surface area contributed by atoms with Gasteiger partial charge in [-0.2, -0.15) is 0 Å². The van der Waals surface area contributed by atoms with Crippen molar-refractivity contribution in [2.45, 2.75) is 5.75 Å². The van der Waals surface area contributed by atoms with Crippen LogP contribution >= 0.6 is 0 Å². The third-order valence-electron chi connectivity index (χ3n) is 1.99. The van der Waals surface area contributed by atoms with Crippen LogP contribution in [0.1, 0.15) is 5.56 Å². The van der Waals surface area contributed by atoms with E-state index in [1.807, 2.05) is 0 Å². The molecule has 0 saturated carbocycles. The van der Waals surface area contributed by atoms with Crippen molar-refractivity contribution in [3.05, 3.63) is 35.4 Å². The number of ether oxygens (including phenoxy) is 1. The first-order chi connectivity index (χ1) is 7.44. The van der Waals surface area contributed by atoms with E-state index in [1.54, 1.807) is 0 Å². The lowest BCUT2D eigenvalue weighted by Gasteiger charge is -2.05. The van der Waals surface area contributed by atoms with Crippen molar-refractivity contribution >= 4 is 9.84 Å². The molecule has 0 saturated heterocycles. The lowest BCUT2D eigenvalue weighted by Crippen LogP contribution is -2.14. The molecule has 3 nitrogen and oxygen atoms in total. The zero-order valence-electron chi connectivity index (χ0n) is 8.74. The summed E-state index contributed by atoms with van der Waals surface area (Å²) >= 11 is 0. The highest BCUT2D eigenvalue weighted by molar-refractivity contribution is 7.90. The van der Waals surface area contributed by atoms with Crippen molar-refractivity contribution in [3.8, 4) is 0 Å². The van der Waals surface area contributed by atoms with Crippen LogP contribution in [0.25, 0.3) is 0 Å². The average Bonchev–Trinajstić information content (AvgIpc) is 2.19. The molecule has 0 bridgehead atoms. The summed E-state index contributed by atoms with van der Waals surface area (Å²) in [4.78, 5) is 0. The molecule has 16 heavy (non-hydrogen) atoms. The maximum atomic E-state index is 13.2. The van der Waals surface area contributed by atoms with Gasteiger partial charge in [0.2, 0.25) is 0 Å². The molecule has 0 fully saturated rings. The molecule has 0 N–H and O–H groups in total. The first kappa shape index (κ1) is 13.1. The van der Waals surface area contributed by atoms with E-state index in [0.29, 0.717) is 6.07 Å². The molecule has 0 radical (unpaired) electrons. The average molecular weight is 250 g/mol. The van der Waals surface area contributed by atoms with Crippen LogP contribution in [0.15, 0.2) is 18.2 Å². The Kier molecular flexibility index (Phi) is 4.37. The smallest absolute Gasteiger partial charge is 0.156 e. The van der Waals surface area contributed by atoms with Gasteiger partial charge in [-0.3, -0.25) is 0 Å². The molecule has 0 heterocycles. The molecule has 1 aromatic carbocycles. The second kappa shape index (κ2) is 5.36. The Labute approximate surface area is 93.0 Å². The summed E-state index contributed by atoms with van der Waals surface area (Å²) in [5, 5.41) is 0. The van der Waals surface area contributed by atoms with Gasteiger partial charge in [-0.15, -0.1) is 0 Å². The molecule has 6 heteroatoms. The lowest BCUT2D eigenvalue weighted by atomic mass is 10.2. The highest BCUT2D eigenvalue weighted by atomic mass is 32.2. The van der Waals surface area contributed by atoms with E-state index < -0.39 is 27.2 Å². The third-order valence-corrected chi connectivity index (χ3v) is 3.53. The van der Waals surface area contributed by atoms with Gasteiger partial charge in [0.05, 0.1) is 18.1 Å². The summed E-state index contributed by atoms with van der Waals surface area (Å²) < 4.78 is 53.3. The molecule has 0 amide bonds. The Morgan fingerprint density at radius 3 is 2.56 bits per heavy atom. The van der Waals surface area contributed by atoms with Crippen LogP contribution in [-0.4, -0.2) is 27.9 Å². The van der Waals surface area contributed by atoms with Gasteiger partial charge >= 0.3 is 0 Å². The van der Waals surface area contributed by atoms with E-state index in [0.717, 1.165) is 12.1 Å². The predicted molar refractivity (Wildman–Crippen MR) is 55.7 cm³/mol. The summed E-state index contributed by atoms with van der Waals surface area (Å²) in [6.07, 6.45) is 0. The zero-order chi connectivity index (χ0) is 12.2. The molecule has 0 aromatic heterocycles. The van der Waals surface area contributed by atoms with E-state index in [-0.39, 0.29) is 17.9 Å². The standard InChI is InChI=1S/C10H12F2O3S/c1-15-4-5-16(13,14)7-8-2-3-9(11)6-10(8)12/h2-3,6H,4-5,7H2,1H3. The van der Waals surface area contributed by atoms with Crippen LogP contribution < -0.4 is 0 Å². The Morgan fingerprint density at radius 1 is 1.31 bits per heavy atom. The number of sulfone groups is 1. The minimum absolute atomic E-state index is 0.0301. The Bertz CT molecular complexity index is 457. The van der Waals surface area contributed by atoms with Crippen molar-refractivity contribution in [1.29, 1.82) is 0 Å². The van der Waals surface area contributed by atoms with Crippen molar-refractivity contribution in [3.63, 3.8) is 0 Å². The number of benzene rings is 1. The fraction of sp³-hybridized carbons (Fsp3) is 0.400. The molecule has 0 spiro atoms. The van der Waals surface area contributed by atoms with Crippen molar-refractivity contribution in [1.82, 2.24) is 0 Å². The van der Waals surface area contributed by atoms with E-state index >= 15 is 0 Å². The maximum absolute atomic E-state index is 13.2. The highest BCUT2D eigenvalue weighted by Crippen LogP contribution is 2.13. The van der Waals surface area contributed by atoms with Crippen molar-refractivity contribution < 1.29 is 21.9 Å². The minimum Gasteiger partial charge on any atom is -0.384 e. The Morgan fingerprint density at radius 2 is 2.00 bits per heavy atom. The van der Waals surface area contributed by atoms with Crippen LogP contribution in [0.3, 0.4) is 0 Å². The van der Waals surface area contributed by atoms with Gasteiger partial charge in [0.15, 0.2) is 9.84 Å². The lowest BCUT2D eigenvalue weighted by molar-refractivity contribution is 0.217. The summed E-state index contributed by atoms with van der Waals surface area (Å²) in [6.45, 7) is 0.0607. The number of rotatable bonds is 5. The minimum atomic E-state index is -3.42. The third kappa shape index (κ3) is 3.86. The summed E-state index contributed by atoms with van der Waals surface area (Å²) in [5.74, 6) is -2.19. The molecule has 1 aromatic rings. The first-order valence-corrected chi connectivity index (χ1v) is 6.40. The van der Waals surface area contributed by atoms with Gasteiger partial charge in [-0.05, 0) is 6.07 Å². The second-order valence-corrected chi connectivity index (χ2v) is 5.50. The molecule has 0 unspecified atom stereocenters. The van der Waals surface area contributed by atoms with E-state index in [4.69, 9.17) is 0 Å². The van der Waals surface area contributed by atoms with Crippen LogP contribution in [-0.2, 0) is 20.3 Å². The van der Waals surface area contributed by atoms with Gasteiger partial charge in [-0.25, -0.2) is 17.2 Å². The van der Waals surface area contributed by atoms with Gasteiger partial charge in [0.1, 0.15) is 11.6 Å². The number of hydrogen-bond donors (Lipinski definition) is 0. The van der Waals surface area contributed by atoms with E-state index in [9.17, 15) is 17.2 Å². The number of methoxy groups -OCH3 is 1. The molecule has 0 atom stereocenters. The molecule has 0 aliphatic carbocycles. The molecule has 1 rings (SSSR count). The molecular weight excluding hydrogens is 238 g/mol.